The summed E-state index contributed by atoms with van der Waals surface area (Å²) in [7, 11) is 0. The maximum atomic E-state index is 12.6. The first kappa shape index (κ1) is 11.1. The number of anilines is 1. The Morgan fingerprint density at radius 3 is 2.38 bits per heavy atom. The summed E-state index contributed by atoms with van der Waals surface area (Å²) in [4.78, 5) is 0. The van der Waals surface area contributed by atoms with Gasteiger partial charge in [0.15, 0.2) is 0 Å². The van der Waals surface area contributed by atoms with Crippen LogP contribution in [0.25, 0.3) is 0 Å². The first-order chi connectivity index (χ1) is 7.45. The summed E-state index contributed by atoms with van der Waals surface area (Å²) in [5, 5.41) is 0. The molecule has 0 heterocycles. The molecule has 0 amide bonds. The molecule has 0 radical (unpaired) electrons. The van der Waals surface area contributed by atoms with Gasteiger partial charge in [0.1, 0.15) is 17.8 Å². The largest absolute Gasteiger partial charge is 0.490 e. The second-order valence-electron chi connectivity index (χ2n) is 4.10. The van der Waals surface area contributed by atoms with E-state index in [1.54, 1.807) is 24.3 Å². The maximum absolute atomic E-state index is 12.6. The van der Waals surface area contributed by atoms with Crippen LogP contribution in [0.3, 0.4) is 0 Å². The fourth-order valence-corrected chi connectivity index (χ4v) is 1.49. The number of hydrogen-bond donors (Lipinski definition) is 1. The Bertz CT molecular complexity index is 385. The summed E-state index contributed by atoms with van der Waals surface area (Å²) in [6.45, 7) is -0.343. The van der Waals surface area contributed by atoms with Gasteiger partial charge in [0.2, 0.25) is 0 Å². The summed E-state index contributed by atoms with van der Waals surface area (Å²) in [5.74, 6) is 0.318. The van der Waals surface area contributed by atoms with Gasteiger partial charge >= 0.3 is 6.18 Å². The Balaban J connectivity index is 2.01. The zero-order valence-electron chi connectivity index (χ0n) is 8.55. The van der Waals surface area contributed by atoms with Crippen molar-refractivity contribution in [3.63, 3.8) is 0 Å². The van der Waals surface area contributed by atoms with Crippen molar-refractivity contribution in [1.82, 2.24) is 0 Å². The Morgan fingerprint density at radius 1 is 1.25 bits per heavy atom. The predicted molar refractivity (Wildman–Crippen MR) is 54.1 cm³/mol. The second-order valence-corrected chi connectivity index (χ2v) is 4.10. The molecule has 1 fully saturated rings. The van der Waals surface area contributed by atoms with Crippen LogP contribution in [0.4, 0.5) is 18.9 Å². The predicted octanol–water partition coefficient (Wildman–Crippen LogP) is 2.99. The highest BCUT2D eigenvalue weighted by atomic mass is 19.4. The van der Waals surface area contributed by atoms with E-state index in [2.05, 4.69) is 0 Å². The zero-order valence-corrected chi connectivity index (χ0v) is 8.55. The number of nitrogens with two attached hydrogens (primary N) is 1. The first-order valence-electron chi connectivity index (χ1n) is 4.99. The molecule has 0 aliphatic heterocycles. The van der Waals surface area contributed by atoms with E-state index in [0.717, 1.165) is 0 Å². The lowest BCUT2D eigenvalue weighted by atomic mass is 10.1. The quantitative estimate of drug-likeness (QED) is 0.811. The molecule has 2 N–H and O–H groups in total. The molecule has 2 rings (SSSR count). The van der Waals surface area contributed by atoms with Gasteiger partial charge in [0.05, 0.1) is 5.69 Å². The van der Waals surface area contributed by atoms with E-state index in [9.17, 15) is 13.2 Å². The van der Waals surface area contributed by atoms with Crippen molar-refractivity contribution in [2.24, 2.45) is 5.41 Å². The van der Waals surface area contributed by atoms with Gasteiger partial charge in [-0.3, -0.25) is 0 Å². The highest BCUT2D eigenvalue weighted by Gasteiger charge is 2.63. The standard InChI is InChI=1S/C11H12F3NO/c12-11(13,14)10(5-6-10)7-16-9-4-2-1-3-8(9)15/h1-4H,5-7,15H2. The molecule has 0 unspecified atom stereocenters. The maximum Gasteiger partial charge on any atom is 0.397 e. The summed E-state index contributed by atoms with van der Waals surface area (Å²) in [6.07, 6.45) is -3.90. The third-order valence-electron chi connectivity index (χ3n) is 2.88. The van der Waals surface area contributed by atoms with E-state index >= 15 is 0 Å². The molecule has 16 heavy (non-hydrogen) atoms. The number of benzene rings is 1. The van der Waals surface area contributed by atoms with Crippen molar-refractivity contribution >= 4 is 5.69 Å². The number of rotatable bonds is 3. The summed E-state index contributed by atoms with van der Waals surface area (Å²) in [5.41, 5.74) is 4.29. The van der Waals surface area contributed by atoms with Crippen LogP contribution < -0.4 is 10.5 Å². The molecule has 0 aromatic heterocycles. The minimum absolute atomic E-state index is 0.142. The second kappa shape index (κ2) is 3.57. The number of para-hydroxylation sites is 2. The van der Waals surface area contributed by atoms with Gasteiger partial charge < -0.3 is 10.5 Å². The van der Waals surface area contributed by atoms with Crippen molar-refractivity contribution < 1.29 is 17.9 Å². The number of halogens is 3. The van der Waals surface area contributed by atoms with E-state index in [4.69, 9.17) is 10.5 Å². The number of ether oxygens (including phenoxy) is 1. The van der Waals surface area contributed by atoms with E-state index in [1.165, 1.54) is 0 Å². The van der Waals surface area contributed by atoms with Crippen LogP contribution in [-0.2, 0) is 0 Å². The number of alkyl halides is 3. The average Bonchev–Trinajstić information content (AvgIpc) is 2.96. The summed E-state index contributed by atoms with van der Waals surface area (Å²) in [6, 6.07) is 6.56. The Morgan fingerprint density at radius 2 is 1.88 bits per heavy atom. The van der Waals surface area contributed by atoms with Gasteiger partial charge in [-0.2, -0.15) is 13.2 Å². The van der Waals surface area contributed by atoms with Crippen molar-refractivity contribution in [3.05, 3.63) is 24.3 Å². The molecule has 1 saturated carbocycles. The minimum atomic E-state index is -4.18. The van der Waals surface area contributed by atoms with Crippen LogP contribution in [0.2, 0.25) is 0 Å². The fraction of sp³-hybridized carbons (Fsp3) is 0.455. The van der Waals surface area contributed by atoms with Gasteiger partial charge in [-0.25, -0.2) is 0 Å². The molecule has 5 heteroatoms. The van der Waals surface area contributed by atoms with Gasteiger partial charge in [0.25, 0.3) is 0 Å². The lowest BCUT2D eigenvalue weighted by Crippen LogP contribution is -2.30. The molecule has 1 aliphatic rings. The van der Waals surface area contributed by atoms with Crippen LogP contribution >= 0.6 is 0 Å². The van der Waals surface area contributed by atoms with Crippen LogP contribution in [0, 0.1) is 5.41 Å². The van der Waals surface area contributed by atoms with Crippen molar-refractivity contribution in [2.75, 3.05) is 12.3 Å². The summed E-state index contributed by atoms with van der Waals surface area (Å²) < 4.78 is 42.9. The molecule has 1 aromatic rings. The molecule has 2 nitrogen and oxygen atoms in total. The van der Waals surface area contributed by atoms with E-state index in [-0.39, 0.29) is 19.4 Å². The molecule has 1 aromatic carbocycles. The van der Waals surface area contributed by atoms with Gasteiger partial charge in [-0.1, -0.05) is 12.1 Å². The van der Waals surface area contributed by atoms with Gasteiger partial charge in [-0.15, -0.1) is 0 Å². The topological polar surface area (TPSA) is 35.2 Å². The molecular weight excluding hydrogens is 219 g/mol. The fourth-order valence-electron chi connectivity index (χ4n) is 1.49. The van der Waals surface area contributed by atoms with Crippen molar-refractivity contribution in [2.45, 2.75) is 19.0 Å². The van der Waals surface area contributed by atoms with Crippen LogP contribution in [0.5, 0.6) is 5.75 Å². The van der Waals surface area contributed by atoms with Crippen molar-refractivity contribution in [1.29, 1.82) is 0 Å². The lowest BCUT2D eigenvalue weighted by Gasteiger charge is -2.19. The van der Waals surface area contributed by atoms with Gasteiger partial charge in [-0.05, 0) is 25.0 Å². The molecule has 0 saturated heterocycles. The summed E-state index contributed by atoms with van der Waals surface area (Å²) >= 11 is 0. The average molecular weight is 231 g/mol. The monoisotopic (exact) mass is 231 g/mol. The molecule has 0 bridgehead atoms. The van der Waals surface area contributed by atoms with Crippen LogP contribution in [0.15, 0.2) is 24.3 Å². The lowest BCUT2D eigenvalue weighted by molar-refractivity contribution is -0.194. The Labute approximate surface area is 91.2 Å². The number of nitrogen functional groups attached to an aromatic ring is 1. The Hall–Kier alpha value is -1.39. The van der Waals surface area contributed by atoms with Gasteiger partial charge in [0, 0.05) is 0 Å². The van der Waals surface area contributed by atoms with E-state index in [1.807, 2.05) is 0 Å². The van der Waals surface area contributed by atoms with Crippen LogP contribution in [0.1, 0.15) is 12.8 Å². The normalized spacial score (nSPS) is 18.2. The SMILES string of the molecule is Nc1ccccc1OCC1(C(F)(F)F)CC1. The van der Waals surface area contributed by atoms with E-state index in [0.29, 0.717) is 11.4 Å². The third kappa shape index (κ3) is 1.94. The molecule has 0 atom stereocenters. The highest BCUT2D eigenvalue weighted by Crippen LogP contribution is 2.57. The molecular formula is C11H12F3NO. The smallest absolute Gasteiger partial charge is 0.397 e. The highest BCUT2D eigenvalue weighted by molar-refractivity contribution is 5.51. The minimum Gasteiger partial charge on any atom is -0.490 e. The zero-order chi connectivity index (χ0) is 11.8. The van der Waals surface area contributed by atoms with Crippen molar-refractivity contribution in [3.8, 4) is 5.75 Å². The number of hydrogen-bond acceptors (Lipinski definition) is 2. The van der Waals surface area contributed by atoms with E-state index < -0.39 is 11.6 Å². The first-order valence-corrected chi connectivity index (χ1v) is 4.99. The third-order valence-corrected chi connectivity index (χ3v) is 2.88. The molecule has 0 spiro atoms. The molecule has 88 valence electrons. The Kier molecular flexibility index (Phi) is 2.48. The molecule has 1 aliphatic carbocycles. The van der Waals surface area contributed by atoms with Crippen LogP contribution in [-0.4, -0.2) is 12.8 Å².